The predicted molar refractivity (Wildman–Crippen MR) is 115 cm³/mol. The Morgan fingerprint density at radius 3 is 2.28 bits per heavy atom. The van der Waals surface area contributed by atoms with E-state index in [0.29, 0.717) is 18.7 Å². The topological polar surface area (TPSA) is 86.8 Å². The van der Waals surface area contributed by atoms with Crippen LogP contribution in [0.4, 0.5) is 5.69 Å². The van der Waals surface area contributed by atoms with Crippen molar-refractivity contribution < 1.29 is 16.8 Å². The van der Waals surface area contributed by atoms with Crippen LogP contribution in [0.25, 0.3) is 0 Å². The molecule has 1 fully saturated rings. The zero-order chi connectivity index (χ0) is 21.1. The van der Waals surface area contributed by atoms with Crippen LogP contribution in [0.15, 0.2) is 59.5 Å². The summed E-state index contributed by atoms with van der Waals surface area (Å²) < 4.78 is 54.0. The SMILES string of the molecule is CN(C)[C@@H](CNS(=O)(=O)c1ccc(N2CCCCS2(=O)=O)cc1)c1ccccc1. The fourth-order valence-corrected chi connectivity index (χ4v) is 6.09. The fraction of sp³-hybridized carbons (Fsp3) is 0.400. The minimum absolute atomic E-state index is 0.108. The highest BCUT2D eigenvalue weighted by Crippen LogP contribution is 2.25. The summed E-state index contributed by atoms with van der Waals surface area (Å²) in [6.45, 7) is 0.649. The molecule has 1 aliphatic rings. The molecule has 2 aromatic carbocycles. The molecule has 1 heterocycles. The van der Waals surface area contributed by atoms with E-state index in [4.69, 9.17) is 0 Å². The zero-order valence-corrected chi connectivity index (χ0v) is 18.3. The lowest BCUT2D eigenvalue weighted by Crippen LogP contribution is -2.37. The molecule has 0 aromatic heterocycles. The van der Waals surface area contributed by atoms with Gasteiger partial charge >= 0.3 is 0 Å². The lowest BCUT2D eigenvalue weighted by Gasteiger charge is -2.28. The summed E-state index contributed by atoms with van der Waals surface area (Å²) in [5.74, 6) is 0.125. The Kier molecular flexibility index (Phi) is 6.62. The van der Waals surface area contributed by atoms with Gasteiger partial charge in [-0.2, -0.15) is 0 Å². The van der Waals surface area contributed by atoms with E-state index in [0.717, 1.165) is 12.0 Å². The summed E-state index contributed by atoms with van der Waals surface area (Å²) in [4.78, 5) is 2.07. The molecule has 7 nitrogen and oxygen atoms in total. The van der Waals surface area contributed by atoms with E-state index in [2.05, 4.69) is 4.72 Å². The highest BCUT2D eigenvalue weighted by Gasteiger charge is 2.26. The Labute approximate surface area is 173 Å². The summed E-state index contributed by atoms with van der Waals surface area (Å²) in [6.07, 6.45) is 1.45. The summed E-state index contributed by atoms with van der Waals surface area (Å²) in [6, 6.07) is 15.6. The number of rotatable bonds is 7. The van der Waals surface area contributed by atoms with Gasteiger partial charge in [0.05, 0.1) is 16.3 Å². The second kappa shape index (κ2) is 8.83. The monoisotopic (exact) mass is 437 g/mol. The first-order valence-electron chi connectivity index (χ1n) is 9.52. The molecule has 0 saturated carbocycles. The first-order valence-corrected chi connectivity index (χ1v) is 12.6. The highest BCUT2D eigenvalue weighted by atomic mass is 32.2. The van der Waals surface area contributed by atoms with Gasteiger partial charge in [0, 0.05) is 19.1 Å². The van der Waals surface area contributed by atoms with E-state index in [-0.39, 0.29) is 23.2 Å². The van der Waals surface area contributed by atoms with Crippen molar-refractivity contribution in [2.45, 2.75) is 23.8 Å². The van der Waals surface area contributed by atoms with Crippen LogP contribution in [-0.2, 0) is 20.0 Å². The molecular formula is C20H27N3O4S2. The average Bonchev–Trinajstić information content (AvgIpc) is 2.68. The van der Waals surface area contributed by atoms with E-state index in [1.54, 1.807) is 12.1 Å². The first kappa shape index (κ1) is 21.8. The molecule has 1 atom stereocenters. The Morgan fingerprint density at radius 2 is 1.69 bits per heavy atom. The third kappa shape index (κ3) is 5.16. The Hall–Kier alpha value is -1.94. The van der Waals surface area contributed by atoms with Crippen molar-refractivity contribution in [1.29, 1.82) is 0 Å². The molecule has 2 aromatic rings. The van der Waals surface area contributed by atoms with Crippen LogP contribution < -0.4 is 9.03 Å². The van der Waals surface area contributed by atoms with Crippen LogP contribution in [0.5, 0.6) is 0 Å². The van der Waals surface area contributed by atoms with Crippen LogP contribution in [0.2, 0.25) is 0 Å². The van der Waals surface area contributed by atoms with Crippen molar-refractivity contribution >= 4 is 25.7 Å². The van der Waals surface area contributed by atoms with Crippen molar-refractivity contribution in [2.24, 2.45) is 0 Å². The number of likely N-dealkylation sites (N-methyl/N-ethyl adjacent to an activating group) is 1. The van der Waals surface area contributed by atoms with Crippen molar-refractivity contribution in [3.63, 3.8) is 0 Å². The summed E-state index contributed by atoms with van der Waals surface area (Å²) in [7, 11) is -3.24. The van der Waals surface area contributed by atoms with Crippen molar-refractivity contribution in [2.75, 3.05) is 37.2 Å². The van der Waals surface area contributed by atoms with Gasteiger partial charge in [0.1, 0.15) is 0 Å². The zero-order valence-electron chi connectivity index (χ0n) is 16.7. The minimum Gasteiger partial charge on any atom is -0.301 e. The smallest absolute Gasteiger partial charge is 0.240 e. The molecule has 3 rings (SSSR count). The summed E-state index contributed by atoms with van der Waals surface area (Å²) in [5.41, 5.74) is 1.52. The quantitative estimate of drug-likeness (QED) is 0.718. The third-order valence-corrected chi connectivity index (χ3v) is 8.37. The number of anilines is 1. The summed E-state index contributed by atoms with van der Waals surface area (Å²) in [5, 5.41) is 0. The molecule has 1 saturated heterocycles. The summed E-state index contributed by atoms with van der Waals surface area (Å²) >= 11 is 0. The van der Waals surface area contributed by atoms with Gasteiger partial charge in [-0.3, -0.25) is 4.31 Å². The maximum atomic E-state index is 12.7. The van der Waals surface area contributed by atoms with Crippen LogP contribution in [0.3, 0.4) is 0 Å². The molecular weight excluding hydrogens is 410 g/mol. The van der Waals surface area contributed by atoms with Crippen molar-refractivity contribution in [3.05, 3.63) is 60.2 Å². The van der Waals surface area contributed by atoms with Crippen LogP contribution >= 0.6 is 0 Å². The molecule has 0 amide bonds. The lowest BCUT2D eigenvalue weighted by molar-refractivity contribution is 0.299. The molecule has 0 radical (unpaired) electrons. The van der Waals surface area contributed by atoms with E-state index < -0.39 is 20.0 Å². The number of benzene rings is 2. The van der Waals surface area contributed by atoms with Gasteiger partial charge < -0.3 is 4.90 Å². The Balaban J connectivity index is 1.74. The Bertz CT molecular complexity index is 1020. The number of hydrogen-bond acceptors (Lipinski definition) is 5. The van der Waals surface area contributed by atoms with E-state index >= 15 is 0 Å². The normalized spacial score (nSPS) is 18.0. The highest BCUT2D eigenvalue weighted by molar-refractivity contribution is 7.92. The molecule has 0 spiro atoms. The molecule has 0 aliphatic carbocycles. The maximum absolute atomic E-state index is 12.7. The molecule has 1 N–H and O–H groups in total. The van der Waals surface area contributed by atoms with Gasteiger partial charge in [-0.05, 0) is 56.8 Å². The molecule has 29 heavy (non-hydrogen) atoms. The second-order valence-corrected chi connectivity index (χ2v) is 11.1. The lowest BCUT2D eigenvalue weighted by atomic mass is 10.1. The standard InChI is InChI=1S/C20H27N3O4S2/c1-22(2)20(17-8-4-3-5-9-17)16-21-29(26,27)19-12-10-18(11-13-19)23-14-6-7-15-28(23,24)25/h3-5,8-13,20-21H,6-7,14-16H2,1-2H3/t20-/m0/s1. The van der Waals surface area contributed by atoms with Gasteiger partial charge in [-0.25, -0.2) is 21.6 Å². The van der Waals surface area contributed by atoms with E-state index in [1.807, 2.05) is 49.3 Å². The van der Waals surface area contributed by atoms with Crippen LogP contribution in [0.1, 0.15) is 24.4 Å². The fourth-order valence-electron chi connectivity index (χ4n) is 3.42. The van der Waals surface area contributed by atoms with Gasteiger partial charge in [0.2, 0.25) is 20.0 Å². The van der Waals surface area contributed by atoms with Crippen LogP contribution in [-0.4, -0.2) is 54.7 Å². The average molecular weight is 438 g/mol. The minimum atomic E-state index is -3.72. The number of nitrogens with zero attached hydrogens (tertiary/aromatic N) is 2. The molecule has 0 unspecified atom stereocenters. The number of hydrogen-bond donors (Lipinski definition) is 1. The third-order valence-electron chi connectivity index (χ3n) is 5.06. The number of sulfonamides is 2. The van der Waals surface area contributed by atoms with Gasteiger partial charge in [0.25, 0.3) is 0 Å². The van der Waals surface area contributed by atoms with Crippen molar-refractivity contribution in [3.8, 4) is 0 Å². The van der Waals surface area contributed by atoms with E-state index in [9.17, 15) is 16.8 Å². The molecule has 0 bridgehead atoms. The molecule has 9 heteroatoms. The number of nitrogens with one attached hydrogen (secondary N) is 1. The Morgan fingerprint density at radius 1 is 1.03 bits per heavy atom. The maximum Gasteiger partial charge on any atom is 0.240 e. The second-order valence-electron chi connectivity index (χ2n) is 7.33. The predicted octanol–water partition coefficient (Wildman–Crippen LogP) is 2.20. The molecule has 158 valence electrons. The largest absolute Gasteiger partial charge is 0.301 e. The van der Waals surface area contributed by atoms with E-state index in [1.165, 1.54) is 16.4 Å². The van der Waals surface area contributed by atoms with Crippen molar-refractivity contribution in [1.82, 2.24) is 9.62 Å². The molecule has 1 aliphatic heterocycles. The van der Waals surface area contributed by atoms with Gasteiger partial charge in [0.15, 0.2) is 0 Å². The van der Waals surface area contributed by atoms with Crippen LogP contribution in [0, 0.1) is 0 Å². The first-order chi connectivity index (χ1) is 13.7. The van der Waals surface area contributed by atoms with Gasteiger partial charge in [-0.1, -0.05) is 30.3 Å². The van der Waals surface area contributed by atoms with Gasteiger partial charge in [-0.15, -0.1) is 0 Å².